The van der Waals surface area contributed by atoms with Gasteiger partial charge in [-0.1, -0.05) is 6.07 Å². The van der Waals surface area contributed by atoms with Crippen LogP contribution in [0.25, 0.3) is 0 Å². The van der Waals surface area contributed by atoms with Gasteiger partial charge >= 0.3 is 0 Å². The van der Waals surface area contributed by atoms with Crippen LogP contribution in [0, 0.1) is 11.6 Å². The Morgan fingerprint density at radius 1 is 1.35 bits per heavy atom. The van der Waals surface area contributed by atoms with Gasteiger partial charge in [-0.25, -0.2) is 17.2 Å². The molecule has 5 nitrogen and oxygen atoms in total. The standard InChI is InChI=1S/C11H8BrF2NO4S/c12-11-9(4-6(5-16)19-11)20(17,18)15-8-3-1-2-7(13)10(8)14/h1-4,15-16H,5H2. The minimum Gasteiger partial charge on any atom is -0.450 e. The quantitative estimate of drug-likeness (QED) is 0.870. The molecular weight excluding hydrogens is 360 g/mol. The Balaban J connectivity index is 2.40. The maximum absolute atomic E-state index is 13.4. The molecule has 108 valence electrons. The second-order valence-electron chi connectivity index (χ2n) is 3.72. The number of benzene rings is 1. The zero-order valence-corrected chi connectivity index (χ0v) is 12.1. The van der Waals surface area contributed by atoms with Crippen molar-refractivity contribution >= 4 is 31.6 Å². The maximum Gasteiger partial charge on any atom is 0.266 e. The third kappa shape index (κ3) is 2.84. The largest absolute Gasteiger partial charge is 0.450 e. The average Bonchev–Trinajstić information content (AvgIpc) is 2.77. The zero-order valence-electron chi connectivity index (χ0n) is 9.73. The van der Waals surface area contributed by atoms with Gasteiger partial charge in [0, 0.05) is 6.07 Å². The van der Waals surface area contributed by atoms with Gasteiger partial charge in [-0.3, -0.25) is 4.72 Å². The van der Waals surface area contributed by atoms with Gasteiger partial charge in [-0.2, -0.15) is 0 Å². The maximum atomic E-state index is 13.4. The van der Waals surface area contributed by atoms with Crippen molar-refractivity contribution in [2.45, 2.75) is 11.5 Å². The monoisotopic (exact) mass is 367 g/mol. The Hall–Kier alpha value is -1.45. The summed E-state index contributed by atoms with van der Waals surface area (Å²) < 4.78 is 57.2. The highest BCUT2D eigenvalue weighted by Crippen LogP contribution is 2.28. The molecule has 2 aromatic rings. The van der Waals surface area contributed by atoms with Crippen LogP contribution in [0.4, 0.5) is 14.5 Å². The Labute approximate surface area is 121 Å². The van der Waals surface area contributed by atoms with Crippen molar-refractivity contribution in [2.75, 3.05) is 4.72 Å². The van der Waals surface area contributed by atoms with Gasteiger partial charge < -0.3 is 9.52 Å². The van der Waals surface area contributed by atoms with Crippen molar-refractivity contribution in [3.63, 3.8) is 0 Å². The fraction of sp³-hybridized carbons (Fsp3) is 0.0909. The summed E-state index contributed by atoms with van der Waals surface area (Å²) in [6.07, 6.45) is 0. The van der Waals surface area contributed by atoms with E-state index >= 15 is 0 Å². The molecule has 1 aromatic carbocycles. The number of aliphatic hydroxyl groups is 1. The minimum absolute atomic E-state index is 0.0111. The van der Waals surface area contributed by atoms with Gasteiger partial charge in [0.2, 0.25) is 0 Å². The van der Waals surface area contributed by atoms with Crippen LogP contribution in [0.2, 0.25) is 0 Å². The first-order valence-corrected chi connectivity index (χ1v) is 7.48. The van der Waals surface area contributed by atoms with E-state index in [1.807, 2.05) is 4.72 Å². The van der Waals surface area contributed by atoms with Gasteiger partial charge in [0.15, 0.2) is 16.3 Å². The van der Waals surface area contributed by atoms with Gasteiger partial charge in [-0.15, -0.1) is 0 Å². The first-order chi connectivity index (χ1) is 9.35. The van der Waals surface area contributed by atoms with E-state index in [9.17, 15) is 17.2 Å². The summed E-state index contributed by atoms with van der Waals surface area (Å²) in [6, 6.07) is 4.19. The number of nitrogens with one attached hydrogen (secondary N) is 1. The Kier molecular flexibility index (Phi) is 4.11. The van der Waals surface area contributed by atoms with Crippen LogP contribution in [-0.2, 0) is 16.6 Å². The third-order valence-electron chi connectivity index (χ3n) is 2.35. The highest BCUT2D eigenvalue weighted by molar-refractivity contribution is 9.10. The van der Waals surface area contributed by atoms with E-state index in [1.165, 1.54) is 6.07 Å². The van der Waals surface area contributed by atoms with Crippen molar-refractivity contribution in [3.8, 4) is 0 Å². The van der Waals surface area contributed by atoms with E-state index in [-0.39, 0.29) is 15.3 Å². The van der Waals surface area contributed by atoms with E-state index in [0.29, 0.717) is 0 Å². The lowest BCUT2D eigenvalue weighted by Crippen LogP contribution is -2.14. The fourth-order valence-electron chi connectivity index (χ4n) is 1.44. The number of rotatable bonds is 4. The molecule has 0 aliphatic heterocycles. The third-order valence-corrected chi connectivity index (χ3v) is 4.57. The minimum atomic E-state index is -4.18. The highest BCUT2D eigenvalue weighted by atomic mass is 79.9. The molecule has 0 bridgehead atoms. The Morgan fingerprint density at radius 3 is 2.65 bits per heavy atom. The summed E-state index contributed by atoms with van der Waals surface area (Å²) >= 11 is 2.88. The lowest BCUT2D eigenvalue weighted by atomic mass is 10.3. The summed E-state index contributed by atoms with van der Waals surface area (Å²) in [4.78, 5) is -0.329. The Bertz CT molecular complexity index is 745. The SMILES string of the molecule is O=S(=O)(Nc1cccc(F)c1F)c1cc(CO)oc1Br. The molecule has 0 amide bonds. The summed E-state index contributed by atoms with van der Waals surface area (Å²) in [5, 5.41) is 8.87. The average molecular weight is 368 g/mol. The number of furan rings is 1. The first-order valence-electron chi connectivity index (χ1n) is 5.21. The molecule has 0 atom stereocenters. The van der Waals surface area contributed by atoms with Gasteiger partial charge in [0.05, 0.1) is 5.69 Å². The van der Waals surface area contributed by atoms with E-state index in [1.54, 1.807) is 0 Å². The molecule has 0 aliphatic rings. The summed E-state index contributed by atoms with van der Waals surface area (Å²) in [6.45, 7) is -0.498. The number of sulfonamides is 1. The normalized spacial score (nSPS) is 11.6. The summed E-state index contributed by atoms with van der Waals surface area (Å²) in [5.41, 5.74) is -0.524. The van der Waals surface area contributed by atoms with Crippen LogP contribution in [0.3, 0.4) is 0 Å². The van der Waals surface area contributed by atoms with Crippen molar-refractivity contribution in [1.29, 1.82) is 0 Å². The molecule has 0 radical (unpaired) electrons. The van der Waals surface area contributed by atoms with Gasteiger partial charge in [-0.05, 0) is 28.1 Å². The molecule has 0 fully saturated rings. The van der Waals surface area contributed by atoms with Gasteiger partial charge in [0.25, 0.3) is 10.0 Å². The lowest BCUT2D eigenvalue weighted by molar-refractivity contribution is 0.245. The van der Waals surface area contributed by atoms with E-state index in [0.717, 1.165) is 18.2 Å². The highest BCUT2D eigenvalue weighted by Gasteiger charge is 2.24. The number of hydrogen-bond donors (Lipinski definition) is 2. The van der Waals surface area contributed by atoms with Crippen LogP contribution in [0.1, 0.15) is 5.76 Å². The number of aliphatic hydroxyl groups excluding tert-OH is 1. The Morgan fingerprint density at radius 2 is 2.05 bits per heavy atom. The van der Waals surface area contributed by atoms with E-state index in [2.05, 4.69) is 15.9 Å². The molecule has 0 spiro atoms. The topological polar surface area (TPSA) is 79.5 Å². The molecule has 2 rings (SSSR count). The molecule has 1 aromatic heterocycles. The molecule has 0 aliphatic carbocycles. The van der Waals surface area contributed by atoms with Crippen LogP contribution in [-0.4, -0.2) is 13.5 Å². The molecule has 0 saturated heterocycles. The lowest BCUT2D eigenvalue weighted by Gasteiger charge is -2.07. The predicted octanol–water partition coefficient (Wildman–Crippen LogP) is 2.61. The van der Waals surface area contributed by atoms with Crippen molar-refractivity contribution in [2.24, 2.45) is 0 Å². The molecule has 0 saturated carbocycles. The van der Waals surface area contributed by atoms with Crippen molar-refractivity contribution in [1.82, 2.24) is 0 Å². The second kappa shape index (κ2) is 5.51. The molecule has 1 heterocycles. The van der Waals surface area contributed by atoms with Gasteiger partial charge in [0.1, 0.15) is 17.3 Å². The van der Waals surface area contributed by atoms with Crippen LogP contribution in [0.15, 0.2) is 38.2 Å². The zero-order chi connectivity index (χ0) is 14.9. The molecule has 9 heteroatoms. The molecule has 2 N–H and O–H groups in total. The fourth-order valence-corrected chi connectivity index (χ4v) is 3.50. The molecular formula is C11H8BrF2NO4S. The molecule has 20 heavy (non-hydrogen) atoms. The van der Waals surface area contributed by atoms with E-state index < -0.39 is 34.0 Å². The summed E-state index contributed by atoms with van der Waals surface area (Å²) in [5.74, 6) is -2.47. The second-order valence-corrected chi connectivity index (χ2v) is 6.09. The van der Waals surface area contributed by atoms with Crippen molar-refractivity contribution < 1.29 is 26.7 Å². The smallest absolute Gasteiger partial charge is 0.266 e. The number of halogens is 3. The van der Waals surface area contributed by atoms with Crippen LogP contribution < -0.4 is 4.72 Å². The van der Waals surface area contributed by atoms with Crippen molar-refractivity contribution in [3.05, 3.63) is 46.3 Å². The predicted molar refractivity (Wildman–Crippen MR) is 69.5 cm³/mol. The summed E-state index contributed by atoms with van der Waals surface area (Å²) in [7, 11) is -4.18. The number of hydrogen-bond acceptors (Lipinski definition) is 4. The van der Waals surface area contributed by atoms with E-state index in [4.69, 9.17) is 9.52 Å². The van der Waals surface area contributed by atoms with Crippen LogP contribution >= 0.6 is 15.9 Å². The number of anilines is 1. The first kappa shape index (κ1) is 14.9. The molecule has 0 unspecified atom stereocenters. The van der Waals surface area contributed by atoms with Crippen LogP contribution in [0.5, 0.6) is 0 Å².